The molecule has 0 fully saturated rings. The minimum atomic E-state index is 0.250. The highest BCUT2D eigenvalue weighted by atomic mass is 79.9. The molecule has 2 nitrogen and oxygen atoms in total. The molecule has 0 saturated heterocycles. The maximum absolute atomic E-state index is 9.55. The second kappa shape index (κ2) is 4.36. The quantitative estimate of drug-likeness (QED) is 0.806. The van der Waals surface area contributed by atoms with E-state index in [-0.39, 0.29) is 5.75 Å². The van der Waals surface area contributed by atoms with E-state index in [1.165, 1.54) is 0 Å². The van der Waals surface area contributed by atoms with Gasteiger partial charge >= 0.3 is 0 Å². The molecule has 2 aromatic rings. The van der Waals surface area contributed by atoms with Crippen molar-refractivity contribution < 1.29 is 5.11 Å². The molecule has 0 heterocycles. The Kier molecular flexibility index (Phi) is 2.92. The minimum absolute atomic E-state index is 0.250. The highest BCUT2D eigenvalue weighted by Crippen LogP contribution is 2.26. The third kappa shape index (κ3) is 2.50. The zero-order chi connectivity index (χ0) is 10.7. The molecule has 15 heavy (non-hydrogen) atoms. The van der Waals surface area contributed by atoms with Crippen LogP contribution in [0.2, 0.25) is 0 Å². The van der Waals surface area contributed by atoms with Gasteiger partial charge in [0.05, 0.1) is 5.69 Å². The number of hydrogen-bond donors (Lipinski definition) is 2. The molecule has 0 amide bonds. The number of phenols is 1. The number of aromatic hydroxyl groups is 1. The first-order valence-corrected chi connectivity index (χ1v) is 5.35. The highest BCUT2D eigenvalue weighted by Gasteiger charge is 1.99. The third-order valence-corrected chi connectivity index (χ3v) is 2.56. The zero-order valence-electron chi connectivity index (χ0n) is 7.94. The van der Waals surface area contributed by atoms with Crippen molar-refractivity contribution in [3.63, 3.8) is 0 Å². The number of hydrogen-bond acceptors (Lipinski definition) is 2. The van der Waals surface area contributed by atoms with E-state index in [1.54, 1.807) is 12.1 Å². The smallest absolute Gasteiger partial charge is 0.139 e. The monoisotopic (exact) mass is 263 g/mol. The van der Waals surface area contributed by atoms with Crippen LogP contribution in [0, 0.1) is 0 Å². The van der Waals surface area contributed by atoms with Gasteiger partial charge in [-0.15, -0.1) is 0 Å². The molecule has 0 atom stereocenters. The number of rotatable bonds is 2. The van der Waals surface area contributed by atoms with Gasteiger partial charge in [-0.3, -0.25) is 0 Å². The average molecular weight is 264 g/mol. The number of nitrogens with one attached hydrogen (secondary N) is 1. The summed E-state index contributed by atoms with van der Waals surface area (Å²) in [7, 11) is 0. The first kappa shape index (κ1) is 10.1. The molecule has 0 aliphatic carbocycles. The molecule has 0 unspecified atom stereocenters. The van der Waals surface area contributed by atoms with E-state index in [9.17, 15) is 5.11 Å². The predicted molar refractivity (Wildman–Crippen MR) is 65.5 cm³/mol. The van der Waals surface area contributed by atoms with Gasteiger partial charge in [0.25, 0.3) is 0 Å². The first-order valence-electron chi connectivity index (χ1n) is 4.56. The normalized spacial score (nSPS) is 9.93. The van der Waals surface area contributed by atoms with Gasteiger partial charge in [-0.2, -0.15) is 0 Å². The molecule has 0 spiro atoms. The minimum Gasteiger partial charge on any atom is -0.506 e. The van der Waals surface area contributed by atoms with Gasteiger partial charge in [-0.05, 0) is 36.4 Å². The van der Waals surface area contributed by atoms with Crippen LogP contribution in [-0.2, 0) is 0 Å². The number of benzene rings is 2. The van der Waals surface area contributed by atoms with Crippen LogP contribution in [0.15, 0.2) is 53.0 Å². The predicted octanol–water partition coefficient (Wildman–Crippen LogP) is 3.90. The molecule has 3 heteroatoms. The Morgan fingerprint density at radius 2 is 1.60 bits per heavy atom. The maximum Gasteiger partial charge on any atom is 0.139 e. The van der Waals surface area contributed by atoms with Crippen molar-refractivity contribution in [3.05, 3.63) is 53.0 Å². The van der Waals surface area contributed by atoms with Crippen LogP contribution in [0.25, 0.3) is 0 Å². The molecule has 0 aliphatic rings. The summed E-state index contributed by atoms with van der Waals surface area (Å²) < 4.78 is 1.03. The Morgan fingerprint density at radius 1 is 0.933 bits per heavy atom. The molecule has 0 aromatic heterocycles. The van der Waals surface area contributed by atoms with E-state index >= 15 is 0 Å². The number of halogens is 1. The maximum atomic E-state index is 9.55. The van der Waals surface area contributed by atoms with E-state index in [0.29, 0.717) is 5.69 Å². The van der Waals surface area contributed by atoms with Gasteiger partial charge in [0, 0.05) is 10.2 Å². The van der Waals surface area contributed by atoms with Gasteiger partial charge in [-0.1, -0.05) is 28.1 Å². The number of phenolic OH excluding ortho intramolecular Hbond substituents is 1. The van der Waals surface area contributed by atoms with Crippen LogP contribution in [0.3, 0.4) is 0 Å². The Balaban J connectivity index is 2.22. The molecular formula is C12H10BrNO. The van der Waals surface area contributed by atoms with Gasteiger partial charge < -0.3 is 10.4 Å². The lowest BCUT2D eigenvalue weighted by molar-refractivity contribution is 0.478. The van der Waals surface area contributed by atoms with Crippen LogP contribution in [0.5, 0.6) is 5.75 Å². The van der Waals surface area contributed by atoms with Crippen LogP contribution >= 0.6 is 15.9 Å². The molecule has 2 aromatic carbocycles. The fraction of sp³-hybridized carbons (Fsp3) is 0. The van der Waals surface area contributed by atoms with Crippen LogP contribution in [0.4, 0.5) is 11.4 Å². The molecule has 0 radical (unpaired) electrons. The summed E-state index contributed by atoms with van der Waals surface area (Å²) in [5.41, 5.74) is 1.65. The van der Waals surface area contributed by atoms with E-state index in [0.717, 1.165) is 10.2 Å². The SMILES string of the molecule is Oc1ccccc1Nc1ccc(Br)cc1. The molecule has 2 rings (SSSR count). The van der Waals surface area contributed by atoms with Crippen molar-refractivity contribution in [2.45, 2.75) is 0 Å². The standard InChI is InChI=1S/C12H10BrNO/c13-9-5-7-10(8-6-9)14-11-3-1-2-4-12(11)15/h1-8,14-15H. The molecular weight excluding hydrogens is 254 g/mol. The van der Waals surface area contributed by atoms with Crippen molar-refractivity contribution in [2.24, 2.45) is 0 Å². The zero-order valence-corrected chi connectivity index (χ0v) is 9.53. The second-order valence-corrected chi connectivity index (χ2v) is 4.06. The third-order valence-electron chi connectivity index (χ3n) is 2.03. The van der Waals surface area contributed by atoms with Crippen molar-refractivity contribution in [1.82, 2.24) is 0 Å². The van der Waals surface area contributed by atoms with Gasteiger partial charge in [0.2, 0.25) is 0 Å². The Labute approximate surface area is 96.7 Å². The van der Waals surface area contributed by atoms with Crippen molar-refractivity contribution in [1.29, 1.82) is 0 Å². The molecule has 0 bridgehead atoms. The van der Waals surface area contributed by atoms with E-state index < -0.39 is 0 Å². The van der Waals surface area contributed by atoms with Gasteiger partial charge in [-0.25, -0.2) is 0 Å². The lowest BCUT2D eigenvalue weighted by Gasteiger charge is -2.07. The Hall–Kier alpha value is -1.48. The second-order valence-electron chi connectivity index (χ2n) is 3.15. The molecule has 2 N–H and O–H groups in total. The van der Waals surface area contributed by atoms with E-state index in [2.05, 4.69) is 21.2 Å². The number of para-hydroxylation sites is 2. The largest absolute Gasteiger partial charge is 0.506 e. The summed E-state index contributed by atoms with van der Waals surface area (Å²) in [5, 5.41) is 12.7. The Bertz CT molecular complexity index is 453. The highest BCUT2D eigenvalue weighted by molar-refractivity contribution is 9.10. The van der Waals surface area contributed by atoms with Crippen molar-refractivity contribution >= 4 is 27.3 Å². The van der Waals surface area contributed by atoms with Crippen LogP contribution in [0.1, 0.15) is 0 Å². The average Bonchev–Trinajstić information content (AvgIpc) is 2.25. The summed E-state index contributed by atoms with van der Waals surface area (Å²) in [6.07, 6.45) is 0. The fourth-order valence-electron chi connectivity index (χ4n) is 1.27. The molecule has 0 aliphatic heterocycles. The summed E-state index contributed by atoms with van der Waals surface area (Å²) in [5.74, 6) is 0.250. The molecule has 76 valence electrons. The van der Waals surface area contributed by atoms with E-state index in [4.69, 9.17) is 0 Å². The van der Waals surface area contributed by atoms with Gasteiger partial charge in [0.15, 0.2) is 0 Å². The van der Waals surface area contributed by atoms with Crippen LogP contribution < -0.4 is 5.32 Å². The fourth-order valence-corrected chi connectivity index (χ4v) is 1.53. The summed E-state index contributed by atoms with van der Waals surface area (Å²) >= 11 is 3.37. The lowest BCUT2D eigenvalue weighted by Crippen LogP contribution is -1.89. The molecule has 0 saturated carbocycles. The Morgan fingerprint density at radius 3 is 2.27 bits per heavy atom. The van der Waals surface area contributed by atoms with Gasteiger partial charge in [0.1, 0.15) is 5.75 Å². The first-order chi connectivity index (χ1) is 7.25. The summed E-state index contributed by atoms with van der Waals surface area (Å²) in [4.78, 5) is 0. The summed E-state index contributed by atoms with van der Waals surface area (Å²) in [6.45, 7) is 0. The van der Waals surface area contributed by atoms with Crippen molar-refractivity contribution in [2.75, 3.05) is 5.32 Å². The summed E-state index contributed by atoms with van der Waals surface area (Å²) in [6, 6.07) is 14.9. The number of anilines is 2. The lowest BCUT2D eigenvalue weighted by atomic mass is 10.2. The van der Waals surface area contributed by atoms with Crippen molar-refractivity contribution in [3.8, 4) is 5.75 Å². The van der Waals surface area contributed by atoms with E-state index in [1.807, 2.05) is 36.4 Å². The van der Waals surface area contributed by atoms with Crippen LogP contribution in [-0.4, -0.2) is 5.11 Å². The topological polar surface area (TPSA) is 32.3 Å².